The van der Waals surface area contributed by atoms with Crippen molar-refractivity contribution in [2.45, 2.75) is 52.0 Å². The van der Waals surface area contributed by atoms with Crippen molar-refractivity contribution in [3.63, 3.8) is 0 Å². The Morgan fingerprint density at radius 1 is 1.58 bits per heavy atom. The smallest absolute Gasteiger partial charge is 0.217 e. The molecule has 0 aromatic heterocycles. The first kappa shape index (κ1) is 9.56. The maximum Gasteiger partial charge on any atom is 0.217 e. The predicted molar refractivity (Wildman–Crippen MR) is 49.9 cm³/mol. The minimum absolute atomic E-state index is 0.112. The Kier molecular flexibility index (Phi) is 3.57. The van der Waals surface area contributed by atoms with E-state index in [1.165, 1.54) is 25.7 Å². The SMILES string of the molecule is CCC(CC1CCC1)NC(C)=O. The van der Waals surface area contributed by atoms with Crippen LogP contribution in [-0.2, 0) is 4.79 Å². The van der Waals surface area contributed by atoms with Crippen molar-refractivity contribution in [1.82, 2.24) is 5.32 Å². The zero-order valence-corrected chi connectivity index (χ0v) is 8.10. The van der Waals surface area contributed by atoms with Crippen molar-refractivity contribution < 1.29 is 4.79 Å². The van der Waals surface area contributed by atoms with Gasteiger partial charge < -0.3 is 5.32 Å². The molecule has 0 aliphatic heterocycles. The summed E-state index contributed by atoms with van der Waals surface area (Å²) in [5.41, 5.74) is 0. The van der Waals surface area contributed by atoms with E-state index in [4.69, 9.17) is 0 Å². The number of amides is 1. The van der Waals surface area contributed by atoms with E-state index in [0.29, 0.717) is 6.04 Å². The lowest BCUT2D eigenvalue weighted by Gasteiger charge is -2.29. The van der Waals surface area contributed by atoms with Crippen LogP contribution < -0.4 is 5.32 Å². The first-order valence-electron chi connectivity index (χ1n) is 4.99. The lowest BCUT2D eigenvalue weighted by molar-refractivity contribution is -0.119. The van der Waals surface area contributed by atoms with Crippen LogP contribution >= 0.6 is 0 Å². The summed E-state index contributed by atoms with van der Waals surface area (Å²) in [6.45, 7) is 3.74. The molecular weight excluding hydrogens is 150 g/mol. The van der Waals surface area contributed by atoms with Gasteiger partial charge in [0.05, 0.1) is 0 Å². The summed E-state index contributed by atoms with van der Waals surface area (Å²) in [7, 11) is 0. The first-order valence-corrected chi connectivity index (χ1v) is 4.99. The molecule has 1 saturated carbocycles. The van der Waals surface area contributed by atoms with E-state index in [2.05, 4.69) is 12.2 Å². The molecule has 1 fully saturated rings. The van der Waals surface area contributed by atoms with E-state index in [9.17, 15) is 4.79 Å². The van der Waals surface area contributed by atoms with Crippen LogP contribution in [0.3, 0.4) is 0 Å². The Morgan fingerprint density at radius 2 is 2.25 bits per heavy atom. The van der Waals surface area contributed by atoms with Gasteiger partial charge in [0.25, 0.3) is 0 Å². The van der Waals surface area contributed by atoms with Crippen molar-refractivity contribution in [3.05, 3.63) is 0 Å². The summed E-state index contributed by atoms with van der Waals surface area (Å²) >= 11 is 0. The van der Waals surface area contributed by atoms with Crippen molar-refractivity contribution >= 4 is 5.91 Å². The van der Waals surface area contributed by atoms with Crippen molar-refractivity contribution in [2.24, 2.45) is 5.92 Å². The van der Waals surface area contributed by atoms with Gasteiger partial charge in [-0.05, 0) is 18.8 Å². The molecule has 0 aromatic carbocycles. The van der Waals surface area contributed by atoms with Gasteiger partial charge in [0.1, 0.15) is 0 Å². The molecule has 1 aliphatic carbocycles. The molecule has 1 unspecified atom stereocenters. The van der Waals surface area contributed by atoms with Crippen LogP contribution in [0.25, 0.3) is 0 Å². The third-order valence-electron chi connectivity index (χ3n) is 2.74. The van der Waals surface area contributed by atoms with Gasteiger partial charge in [0.15, 0.2) is 0 Å². The van der Waals surface area contributed by atoms with Gasteiger partial charge in [-0.25, -0.2) is 0 Å². The summed E-state index contributed by atoms with van der Waals surface area (Å²) in [6.07, 6.45) is 6.39. The van der Waals surface area contributed by atoms with Crippen LogP contribution in [0.5, 0.6) is 0 Å². The predicted octanol–water partition coefficient (Wildman–Crippen LogP) is 2.09. The van der Waals surface area contributed by atoms with Crippen LogP contribution in [0.4, 0.5) is 0 Å². The highest BCUT2D eigenvalue weighted by atomic mass is 16.1. The quantitative estimate of drug-likeness (QED) is 0.686. The molecule has 1 rings (SSSR count). The topological polar surface area (TPSA) is 29.1 Å². The van der Waals surface area contributed by atoms with E-state index < -0.39 is 0 Å². The molecule has 0 aromatic rings. The van der Waals surface area contributed by atoms with Gasteiger partial charge in [-0.1, -0.05) is 26.2 Å². The van der Waals surface area contributed by atoms with Crippen LogP contribution in [-0.4, -0.2) is 11.9 Å². The van der Waals surface area contributed by atoms with E-state index in [1.54, 1.807) is 6.92 Å². The summed E-state index contributed by atoms with van der Waals surface area (Å²) in [6, 6.07) is 0.424. The van der Waals surface area contributed by atoms with Crippen molar-refractivity contribution in [3.8, 4) is 0 Å². The second-order valence-electron chi connectivity index (χ2n) is 3.84. The Morgan fingerprint density at radius 3 is 2.58 bits per heavy atom. The minimum Gasteiger partial charge on any atom is -0.354 e. The second kappa shape index (κ2) is 4.48. The van der Waals surface area contributed by atoms with Gasteiger partial charge in [0, 0.05) is 13.0 Å². The number of hydrogen-bond donors (Lipinski definition) is 1. The molecule has 0 heterocycles. The van der Waals surface area contributed by atoms with Crippen LogP contribution in [0, 0.1) is 5.92 Å². The molecule has 1 aliphatic rings. The molecule has 0 radical (unpaired) electrons. The molecule has 12 heavy (non-hydrogen) atoms. The van der Waals surface area contributed by atoms with Gasteiger partial charge >= 0.3 is 0 Å². The second-order valence-corrected chi connectivity index (χ2v) is 3.84. The van der Waals surface area contributed by atoms with E-state index in [-0.39, 0.29) is 5.91 Å². The Balaban J connectivity index is 2.19. The fraction of sp³-hybridized carbons (Fsp3) is 0.900. The average molecular weight is 169 g/mol. The standard InChI is InChI=1S/C10H19NO/c1-3-10(11-8(2)12)7-9-5-4-6-9/h9-10H,3-7H2,1-2H3,(H,11,12). The van der Waals surface area contributed by atoms with Crippen LogP contribution in [0.15, 0.2) is 0 Å². The van der Waals surface area contributed by atoms with Gasteiger partial charge in [-0.15, -0.1) is 0 Å². The lowest BCUT2D eigenvalue weighted by Crippen LogP contribution is -2.35. The zero-order chi connectivity index (χ0) is 8.97. The average Bonchev–Trinajstić information content (AvgIpc) is 1.93. The number of hydrogen-bond acceptors (Lipinski definition) is 1. The Hall–Kier alpha value is -0.530. The van der Waals surface area contributed by atoms with E-state index in [0.717, 1.165) is 12.3 Å². The molecule has 1 amide bonds. The van der Waals surface area contributed by atoms with Gasteiger partial charge in [-0.3, -0.25) is 4.79 Å². The third-order valence-corrected chi connectivity index (χ3v) is 2.74. The monoisotopic (exact) mass is 169 g/mol. The van der Waals surface area contributed by atoms with Crippen LogP contribution in [0.2, 0.25) is 0 Å². The highest BCUT2D eigenvalue weighted by Gasteiger charge is 2.21. The van der Waals surface area contributed by atoms with Gasteiger partial charge in [-0.2, -0.15) is 0 Å². The van der Waals surface area contributed by atoms with Crippen molar-refractivity contribution in [2.75, 3.05) is 0 Å². The fourth-order valence-corrected chi connectivity index (χ4v) is 1.75. The summed E-state index contributed by atoms with van der Waals surface area (Å²) < 4.78 is 0. The maximum atomic E-state index is 10.8. The number of nitrogens with one attached hydrogen (secondary N) is 1. The molecular formula is C10H19NO. The summed E-state index contributed by atoms with van der Waals surface area (Å²) in [4.78, 5) is 10.8. The Bertz CT molecular complexity index is 152. The lowest BCUT2D eigenvalue weighted by atomic mass is 9.80. The molecule has 2 heteroatoms. The highest BCUT2D eigenvalue weighted by molar-refractivity contribution is 5.73. The molecule has 1 atom stereocenters. The van der Waals surface area contributed by atoms with E-state index >= 15 is 0 Å². The minimum atomic E-state index is 0.112. The maximum absolute atomic E-state index is 10.8. The first-order chi connectivity index (χ1) is 5.72. The molecule has 0 spiro atoms. The molecule has 1 N–H and O–H groups in total. The molecule has 70 valence electrons. The summed E-state index contributed by atoms with van der Waals surface area (Å²) in [5.74, 6) is 1.00. The Labute approximate surface area is 74.7 Å². The van der Waals surface area contributed by atoms with Crippen LogP contribution in [0.1, 0.15) is 46.0 Å². The van der Waals surface area contributed by atoms with Crippen molar-refractivity contribution in [1.29, 1.82) is 0 Å². The third kappa shape index (κ3) is 2.84. The fourth-order valence-electron chi connectivity index (χ4n) is 1.75. The van der Waals surface area contributed by atoms with E-state index in [1.807, 2.05) is 0 Å². The molecule has 0 saturated heterocycles. The number of carbonyl (C=O) groups is 1. The largest absolute Gasteiger partial charge is 0.354 e. The highest BCUT2D eigenvalue weighted by Crippen LogP contribution is 2.30. The van der Waals surface area contributed by atoms with Gasteiger partial charge in [0.2, 0.25) is 5.91 Å². The summed E-state index contributed by atoms with van der Waals surface area (Å²) in [5, 5.41) is 2.99. The molecule has 0 bridgehead atoms. The number of carbonyl (C=O) groups excluding carboxylic acids is 1. The number of rotatable bonds is 4. The zero-order valence-electron chi connectivity index (χ0n) is 8.10. The normalized spacial score (nSPS) is 19.8. The molecule has 2 nitrogen and oxygen atoms in total.